The Labute approximate surface area is 140 Å². The Bertz CT molecular complexity index is 873. The summed E-state index contributed by atoms with van der Waals surface area (Å²) in [6.07, 6.45) is 1.18. The van der Waals surface area contributed by atoms with Gasteiger partial charge in [-0.05, 0) is 5.56 Å². The maximum atomic E-state index is 12.5. The van der Waals surface area contributed by atoms with Gasteiger partial charge >= 0.3 is 5.69 Å². The number of sulfonamides is 1. The summed E-state index contributed by atoms with van der Waals surface area (Å²) >= 11 is 0. The maximum absolute atomic E-state index is 12.5. The summed E-state index contributed by atoms with van der Waals surface area (Å²) in [6, 6.07) is 8.63. The third kappa shape index (κ3) is 3.02. The van der Waals surface area contributed by atoms with Crippen LogP contribution in [0.15, 0.2) is 35.1 Å². The Balaban J connectivity index is 2.13. The monoisotopic (exact) mass is 352 g/mol. The van der Waals surface area contributed by atoms with Gasteiger partial charge in [0.1, 0.15) is 6.04 Å². The summed E-state index contributed by atoms with van der Waals surface area (Å²) < 4.78 is 33.7. The SMILES string of the molecule is COCCn1nc2n(c1=O)CCN(S(C)(=O)=O)C2c1ccccc1. The number of hydrogen-bond acceptors (Lipinski definition) is 5. The van der Waals surface area contributed by atoms with E-state index in [1.165, 1.54) is 15.2 Å². The lowest BCUT2D eigenvalue weighted by Crippen LogP contribution is -2.44. The molecule has 0 saturated carbocycles. The van der Waals surface area contributed by atoms with Crippen LogP contribution in [0.2, 0.25) is 0 Å². The summed E-state index contributed by atoms with van der Waals surface area (Å²) in [5.74, 6) is 0.443. The largest absolute Gasteiger partial charge is 0.383 e. The lowest BCUT2D eigenvalue weighted by Gasteiger charge is -2.33. The van der Waals surface area contributed by atoms with Crippen molar-refractivity contribution in [2.75, 3.05) is 26.5 Å². The summed E-state index contributed by atoms with van der Waals surface area (Å²) in [5.41, 5.74) is 0.545. The second kappa shape index (κ2) is 6.50. The van der Waals surface area contributed by atoms with Gasteiger partial charge in [-0.2, -0.15) is 9.40 Å². The van der Waals surface area contributed by atoms with Gasteiger partial charge in [-0.15, -0.1) is 0 Å². The van der Waals surface area contributed by atoms with Crippen molar-refractivity contribution in [1.29, 1.82) is 0 Å². The van der Waals surface area contributed by atoms with Crippen LogP contribution < -0.4 is 5.69 Å². The molecule has 2 aromatic rings. The molecule has 1 aliphatic heterocycles. The third-order valence-corrected chi connectivity index (χ3v) is 5.32. The van der Waals surface area contributed by atoms with Crippen LogP contribution in [0.5, 0.6) is 0 Å². The van der Waals surface area contributed by atoms with Gasteiger partial charge in [0.05, 0.1) is 19.4 Å². The maximum Gasteiger partial charge on any atom is 0.346 e. The molecule has 0 bridgehead atoms. The standard InChI is InChI=1S/C15H20N4O4S/c1-23-11-10-18-15(20)17-8-9-19(24(2,21)22)13(14(17)16-18)12-6-4-3-5-7-12/h3-7,13H,8-11H2,1-2H3. The lowest BCUT2D eigenvalue weighted by atomic mass is 10.1. The smallest absolute Gasteiger partial charge is 0.346 e. The Morgan fingerprint density at radius 2 is 1.96 bits per heavy atom. The van der Waals surface area contributed by atoms with E-state index in [4.69, 9.17) is 4.74 Å². The van der Waals surface area contributed by atoms with Crippen LogP contribution in [0.25, 0.3) is 0 Å². The minimum absolute atomic E-state index is 0.237. The highest BCUT2D eigenvalue weighted by Gasteiger charge is 2.37. The molecular weight excluding hydrogens is 332 g/mol. The van der Waals surface area contributed by atoms with Crippen LogP contribution in [-0.2, 0) is 27.8 Å². The van der Waals surface area contributed by atoms with E-state index in [0.717, 1.165) is 5.56 Å². The predicted molar refractivity (Wildman–Crippen MR) is 88.2 cm³/mol. The summed E-state index contributed by atoms with van der Waals surface area (Å²) in [4.78, 5) is 12.5. The van der Waals surface area contributed by atoms with Crippen LogP contribution in [0.3, 0.4) is 0 Å². The summed E-state index contributed by atoms with van der Waals surface area (Å²) in [6.45, 7) is 1.22. The lowest BCUT2D eigenvalue weighted by molar-refractivity contribution is 0.182. The van der Waals surface area contributed by atoms with Crippen LogP contribution in [0.4, 0.5) is 0 Å². The molecular formula is C15H20N4O4S. The first kappa shape index (κ1) is 16.9. The quantitative estimate of drug-likeness (QED) is 0.759. The van der Waals surface area contributed by atoms with E-state index in [-0.39, 0.29) is 18.8 Å². The van der Waals surface area contributed by atoms with Gasteiger partial charge in [0.25, 0.3) is 0 Å². The highest BCUT2D eigenvalue weighted by Crippen LogP contribution is 2.31. The van der Waals surface area contributed by atoms with E-state index < -0.39 is 16.1 Å². The van der Waals surface area contributed by atoms with E-state index >= 15 is 0 Å². The molecule has 24 heavy (non-hydrogen) atoms. The number of fused-ring (bicyclic) bond motifs is 1. The normalized spacial score (nSPS) is 18.5. The molecule has 1 unspecified atom stereocenters. The predicted octanol–water partition coefficient (Wildman–Crippen LogP) is 0.0558. The van der Waals surface area contributed by atoms with E-state index in [1.807, 2.05) is 30.3 Å². The van der Waals surface area contributed by atoms with Crippen molar-refractivity contribution in [2.24, 2.45) is 0 Å². The minimum atomic E-state index is -3.44. The van der Waals surface area contributed by atoms with Crippen LogP contribution in [-0.4, -0.2) is 53.6 Å². The van der Waals surface area contributed by atoms with Crippen molar-refractivity contribution in [3.05, 3.63) is 52.2 Å². The van der Waals surface area contributed by atoms with E-state index in [2.05, 4.69) is 5.10 Å². The molecule has 1 aliphatic rings. The minimum Gasteiger partial charge on any atom is -0.383 e. The summed E-state index contributed by atoms with van der Waals surface area (Å²) in [7, 11) is -1.89. The van der Waals surface area contributed by atoms with Crippen LogP contribution >= 0.6 is 0 Å². The van der Waals surface area contributed by atoms with Crippen molar-refractivity contribution in [2.45, 2.75) is 19.1 Å². The van der Waals surface area contributed by atoms with Gasteiger partial charge in [0.15, 0.2) is 5.82 Å². The van der Waals surface area contributed by atoms with Gasteiger partial charge in [-0.3, -0.25) is 4.57 Å². The fraction of sp³-hybridized carbons (Fsp3) is 0.467. The number of ether oxygens (including phenoxy) is 1. The molecule has 0 amide bonds. The van der Waals surface area contributed by atoms with E-state index in [1.54, 1.807) is 11.7 Å². The fourth-order valence-corrected chi connectivity index (χ4v) is 3.97. The van der Waals surface area contributed by atoms with Crippen molar-refractivity contribution >= 4 is 10.0 Å². The van der Waals surface area contributed by atoms with Crippen molar-refractivity contribution in [1.82, 2.24) is 18.7 Å². The molecule has 3 rings (SSSR count). The van der Waals surface area contributed by atoms with Gasteiger partial charge in [0.2, 0.25) is 10.0 Å². The topological polar surface area (TPSA) is 86.4 Å². The first-order chi connectivity index (χ1) is 11.4. The van der Waals surface area contributed by atoms with Gasteiger partial charge in [0, 0.05) is 20.2 Å². The zero-order valence-electron chi connectivity index (χ0n) is 13.6. The Hall–Kier alpha value is -1.97. The zero-order valence-corrected chi connectivity index (χ0v) is 14.4. The molecule has 0 N–H and O–H groups in total. The molecule has 1 atom stereocenters. The number of rotatable bonds is 5. The highest BCUT2D eigenvalue weighted by molar-refractivity contribution is 7.88. The molecule has 1 aromatic heterocycles. The number of benzene rings is 1. The van der Waals surface area contributed by atoms with Gasteiger partial charge in [-0.25, -0.2) is 17.9 Å². The zero-order chi connectivity index (χ0) is 17.3. The number of methoxy groups -OCH3 is 1. The molecule has 1 aromatic carbocycles. The molecule has 0 spiro atoms. The average Bonchev–Trinajstić information content (AvgIpc) is 2.88. The molecule has 9 heteroatoms. The fourth-order valence-electron chi connectivity index (χ4n) is 2.96. The summed E-state index contributed by atoms with van der Waals surface area (Å²) in [5, 5.41) is 4.39. The Morgan fingerprint density at radius 1 is 1.25 bits per heavy atom. The van der Waals surface area contributed by atoms with Crippen molar-refractivity contribution < 1.29 is 13.2 Å². The van der Waals surface area contributed by atoms with E-state index in [0.29, 0.717) is 19.0 Å². The van der Waals surface area contributed by atoms with Crippen LogP contribution in [0, 0.1) is 0 Å². The first-order valence-electron chi connectivity index (χ1n) is 7.61. The first-order valence-corrected chi connectivity index (χ1v) is 9.46. The van der Waals surface area contributed by atoms with Gasteiger partial charge in [-0.1, -0.05) is 30.3 Å². The Morgan fingerprint density at radius 3 is 2.58 bits per heavy atom. The van der Waals surface area contributed by atoms with E-state index in [9.17, 15) is 13.2 Å². The second-order valence-corrected chi connectivity index (χ2v) is 7.63. The molecule has 0 radical (unpaired) electrons. The molecule has 0 aliphatic carbocycles. The van der Waals surface area contributed by atoms with Crippen molar-refractivity contribution in [3.8, 4) is 0 Å². The number of nitrogens with zero attached hydrogens (tertiary/aromatic N) is 4. The van der Waals surface area contributed by atoms with Gasteiger partial charge < -0.3 is 4.74 Å². The number of aromatic nitrogens is 3. The third-order valence-electron chi connectivity index (χ3n) is 4.08. The molecule has 0 saturated heterocycles. The average molecular weight is 352 g/mol. The molecule has 0 fully saturated rings. The molecule has 8 nitrogen and oxygen atoms in total. The molecule has 130 valence electrons. The highest BCUT2D eigenvalue weighted by atomic mass is 32.2. The number of hydrogen-bond donors (Lipinski definition) is 0. The second-order valence-electron chi connectivity index (χ2n) is 5.70. The van der Waals surface area contributed by atoms with Crippen molar-refractivity contribution in [3.63, 3.8) is 0 Å². The van der Waals surface area contributed by atoms with Crippen LogP contribution in [0.1, 0.15) is 17.4 Å². The molecule has 2 heterocycles. The Kier molecular flexibility index (Phi) is 4.57.